The largest absolute Gasteiger partial charge is 0.464 e. The number of hydrogen-bond acceptors (Lipinski definition) is 4. The summed E-state index contributed by atoms with van der Waals surface area (Å²) in [5, 5.41) is 9.76. The molecule has 1 aliphatic rings. The van der Waals surface area contributed by atoms with Gasteiger partial charge in [-0.3, -0.25) is 5.10 Å². The molecule has 0 aromatic carbocycles. The molecule has 1 aromatic heterocycles. The van der Waals surface area contributed by atoms with Gasteiger partial charge in [-0.25, -0.2) is 4.99 Å². The van der Waals surface area contributed by atoms with Crippen molar-refractivity contribution < 1.29 is 4.74 Å². The second kappa shape index (κ2) is 11.9. The molecular weight excluding hydrogens is 374 g/mol. The first-order valence-electron chi connectivity index (χ1n) is 10.2. The van der Waals surface area contributed by atoms with Crippen LogP contribution in [0.15, 0.2) is 22.3 Å². The fourth-order valence-corrected chi connectivity index (χ4v) is 3.68. The van der Waals surface area contributed by atoms with Gasteiger partial charge in [0.2, 0.25) is 0 Å². The molecule has 1 saturated heterocycles. The SMILES string of the molecule is C=c1cn[nH]/c1=C/C[C@@H](CC)C/C(Cl)=C\CCN=C(N)OC[C@@H]1CCCN1C. The molecular formula is C21H34ClN5O. The van der Waals surface area contributed by atoms with Gasteiger partial charge < -0.3 is 15.4 Å². The minimum atomic E-state index is 0.273. The number of ether oxygens (including phenoxy) is 1. The number of allylic oxidation sites excluding steroid dienone is 1. The lowest BCUT2D eigenvalue weighted by Crippen LogP contribution is -2.32. The third-order valence-corrected chi connectivity index (χ3v) is 5.63. The number of nitrogens with two attached hydrogens (primary N) is 1. The molecule has 2 heterocycles. The Bertz CT molecular complexity index is 757. The van der Waals surface area contributed by atoms with E-state index < -0.39 is 0 Å². The quantitative estimate of drug-likeness (QED) is 0.354. The van der Waals surface area contributed by atoms with E-state index in [0.29, 0.717) is 25.1 Å². The van der Waals surface area contributed by atoms with Crippen molar-refractivity contribution in [2.75, 3.05) is 26.7 Å². The predicted octanol–water partition coefficient (Wildman–Crippen LogP) is 2.35. The molecule has 28 heavy (non-hydrogen) atoms. The lowest BCUT2D eigenvalue weighted by atomic mass is 9.97. The Morgan fingerprint density at radius 1 is 1.61 bits per heavy atom. The molecule has 2 rings (SSSR count). The number of aliphatic imine (C=N–C) groups is 1. The van der Waals surface area contributed by atoms with Crippen molar-refractivity contribution in [1.82, 2.24) is 15.1 Å². The topological polar surface area (TPSA) is 79.5 Å². The second-order valence-electron chi connectivity index (χ2n) is 7.47. The summed E-state index contributed by atoms with van der Waals surface area (Å²) in [7, 11) is 2.12. The number of nitrogens with one attached hydrogen (secondary N) is 1. The molecule has 0 bridgehead atoms. The highest BCUT2D eigenvalue weighted by molar-refractivity contribution is 6.29. The number of aromatic amines is 1. The maximum Gasteiger partial charge on any atom is 0.281 e. The summed E-state index contributed by atoms with van der Waals surface area (Å²) >= 11 is 6.42. The van der Waals surface area contributed by atoms with E-state index in [0.717, 1.165) is 54.2 Å². The molecule has 2 atom stereocenters. The first-order chi connectivity index (χ1) is 13.5. The van der Waals surface area contributed by atoms with Crippen molar-refractivity contribution in [2.45, 2.75) is 51.5 Å². The molecule has 1 fully saturated rings. The third kappa shape index (κ3) is 7.68. The van der Waals surface area contributed by atoms with E-state index in [1.165, 1.54) is 6.42 Å². The normalized spacial score (nSPS) is 20.7. The van der Waals surface area contributed by atoms with Gasteiger partial charge in [-0.15, -0.1) is 0 Å². The summed E-state index contributed by atoms with van der Waals surface area (Å²) in [6.45, 7) is 8.47. The Kier molecular flexibility index (Phi) is 9.58. The number of amidine groups is 1. The summed E-state index contributed by atoms with van der Waals surface area (Å²) < 4.78 is 5.58. The van der Waals surface area contributed by atoms with Crippen molar-refractivity contribution in [3.05, 3.63) is 27.9 Å². The van der Waals surface area contributed by atoms with E-state index in [-0.39, 0.29) is 6.02 Å². The van der Waals surface area contributed by atoms with E-state index in [2.05, 4.69) is 46.7 Å². The van der Waals surface area contributed by atoms with Crippen LogP contribution in [-0.4, -0.2) is 53.9 Å². The zero-order valence-electron chi connectivity index (χ0n) is 17.2. The van der Waals surface area contributed by atoms with Gasteiger partial charge in [0, 0.05) is 22.8 Å². The lowest BCUT2D eigenvalue weighted by Gasteiger charge is -2.19. The number of H-pyrrole nitrogens is 1. The summed E-state index contributed by atoms with van der Waals surface area (Å²) in [5.74, 6) is 0.492. The smallest absolute Gasteiger partial charge is 0.281 e. The Labute approximate surface area is 173 Å². The van der Waals surface area contributed by atoms with Gasteiger partial charge in [0.1, 0.15) is 6.61 Å². The standard InChI is InChI=1S/C21H34ClN5O/c1-4-17(9-10-20-16(2)14-25-26-20)13-18(22)7-5-11-24-21(23)28-15-19-8-6-12-27(19)3/h7,10,14,17,19,26H,2,4-6,8-9,11-13,15H2,1,3H3,(H2,23,24)/b18-7+,20-10+/t17-,19+/m1/s1. The second-order valence-corrected chi connectivity index (χ2v) is 7.96. The van der Waals surface area contributed by atoms with Crippen LogP contribution in [0.1, 0.15) is 45.4 Å². The maximum absolute atomic E-state index is 6.42. The van der Waals surface area contributed by atoms with Crippen molar-refractivity contribution >= 4 is 30.3 Å². The lowest BCUT2D eigenvalue weighted by molar-refractivity contribution is 0.187. The van der Waals surface area contributed by atoms with Gasteiger partial charge in [0.05, 0.1) is 11.5 Å². The van der Waals surface area contributed by atoms with Gasteiger partial charge in [-0.2, -0.15) is 5.10 Å². The van der Waals surface area contributed by atoms with Crippen molar-refractivity contribution in [2.24, 2.45) is 16.6 Å². The van der Waals surface area contributed by atoms with Crippen LogP contribution < -0.4 is 16.3 Å². The fraction of sp³-hybridized carbons (Fsp3) is 0.619. The van der Waals surface area contributed by atoms with E-state index in [9.17, 15) is 0 Å². The van der Waals surface area contributed by atoms with Crippen LogP contribution in [0.5, 0.6) is 0 Å². The highest BCUT2D eigenvalue weighted by Crippen LogP contribution is 2.22. The van der Waals surface area contributed by atoms with Crippen LogP contribution in [0.4, 0.5) is 0 Å². The van der Waals surface area contributed by atoms with Crippen LogP contribution in [0.3, 0.4) is 0 Å². The molecule has 156 valence electrons. The molecule has 0 aliphatic carbocycles. The number of likely N-dealkylation sites (tertiary alicyclic amines) is 1. The Hall–Kier alpha value is -1.79. The van der Waals surface area contributed by atoms with Crippen molar-refractivity contribution in [3.63, 3.8) is 0 Å². The molecule has 0 radical (unpaired) electrons. The predicted molar refractivity (Wildman–Crippen MR) is 117 cm³/mol. The van der Waals surface area contributed by atoms with Crippen LogP contribution in [-0.2, 0) is 4.74 Å². The molecule has 1 aromatic rings. The summed E-state index contributed by atoms with van der Waals surface area (Å²) in [6.07, 6.45) is 11.9. The van der Waals surface area contributed by atoms with E-state index >= 15 is 0 Å². The highest BCUT2D eigenvalue weighted by atomic mass is 35.5. The highest BCUT2D eigenvalue weighted by Gasteiger charge is 2.21. The van der Waals surface area contributed by atoms with Crippen LogP contribution in [0.2, 0.25) is 0 Å². The van der Waals surface area contributed by atoms with Gasteiger partial charge in [-0.05, 0) is 51.6 Å². The number of rotatable bonds is 10. The van der Waals surface area contributed by atoms with Gasteiger partial charge >= 0.3 is 0 Å². The third-order valence-electron chi connectivity index (χ3n) is 5.33. The summed E-state index contributed by atoms with van der Waals surface area (Å²) in [4.78, 5) is 6.59. The number of aromatic nitrogens is 2. The molecule has 0 saturated carbocycles. The van der Waals surface area contributed by atoms with Crippen LogP contribution >= 0.6 is 11.6 Å². The Morgan fingerprint density at radius 2 is 2.43 bits per heavy atom. The fourth-order valence-electron chi connectivity index (χ4n) is 3.35. The van der Waals surface area contributed by atoms with E-state index in [1.54, 1.807) is 6.20 Å². The average molecular weight is 408 g/mol. The molecule has 1 aliphatic heterocycles. The first-order valence-corrected chi connectivity index (χ1v) is 10.5. The zero-order valence-corrected chi connectivity index (χ0v) is 17.9. The van der Waals surface area contributed by atoms with Gasteiger partial charge in [-0.1, -0.05) is 43.7 Å². The van der Waals surface area contributed by atoms with Crippen LogP contribution in [0.25, 0.3) is 12.7 Å². The molecule has 6 nitrogen and oxygen atoms in total. The Balaban J connectivity index is 1.70. The molecule has 0 amide bonds. The van der Waals surface area contributed by atoms with Gasteiger partial charge in [0.15, 0.2) is 0 Å². The summed E-state index contributed by atoms with van der Waals surface area (Å²) in [5.41, 5.74) is 5.85. The van der Waals surface area contributed by atoms with Gasteiger partial charge in [0.25, 0.3) is 6.02 Å². The van der Waals surface area contributed by atoms with E-state index in [1.807, 2.05) is 6.08 Å². The number of nitrogens with zero attached hydrogens (tertiary/aromatic N) is 3. The van der Waals surface area contributed by atoms with E-state index in [4.69, 9.17) is 22.1 Å². The average Bonchev–Trinajstić information content (AvgIpc) is 3.28. The maximum atomic E-state index is 6.42. The molecule has 7 heteroatoms. The number of hydrogen-bond donors (Lipinski definition) is 2. The number of likely N-dealkylation sites (N-methyl/N-ethyl adjacent to an activating group) is 1. The zero-order chi connectivity index (χ0) is 20.4. The first kappa shape index (κ1) is 22.5. The minimum absolute atomic E-state index is 0.273. The monoisotopic (exact) mass is 407 g/mol. The van der Waals surface area contributed by atoms with Crippen molar-refractivity contribution in [3.8, 4) is 0 Å². The Morgan fingerprint density at radius 3 is 3.07 bits per heavy atom. The summed E-state index contributed by atoms with van der Waals surface area (Å²) in [6, 6.07) is 0.724. The minimum Gasteiger partial charge on any atom is -0.464 e. The molecule has 0 unspecified atom stereocenters. The van der Waals surface area contributed by atoms with Crippen molar-refractivity contribution in [1.29, 1.82) is 0 Å². The molecule has 3 N–H and O–H groups in total. The number of halogens is 1. The van der Waals surface area contributed by atoms with Crippen LogP contribution in [0, 0.1) is 5.92 Å². The molecule has 0 spiro atoms.